The first-order chi connectivity index (χ1) is 13.4. The number of aromatic nitrogens is 5. The van der Waals surface area contributed by atoms with Crippen molar-refractivity contribution in [3.05, 3.63) is 66.4 Å². The van der Waals surface area contributed by atoms with Crippen LogP contribution in [0.1, 0.15) is 16.2 Å². The predicted octanol–water partition coefficient (Wildman–Crippen LogP) is 3.69. The van der Waals surface area contributed by atoms with Gasteiger partial charge < -0.3 is 5.32 Å². The average molecular weight is 384 g/mol. The molecule has 7 nitrogen and oxygen atoms in total. The summed E-state index contributed by atoms with van der Waals surface area (Å²) in [5.41, 5.74) is -0.00117. The summed E-state index contributed by atoms with van der Waals surface area (Å²) in [6, 6.07) is 8.12. The highest BCUT2D eigenvalue weighted by Crippen LogP contribution is 2.31. The van der Waals surface area contributed by atoms with Gasteiger partial charge in [-0.3, -0.25) is 9.89 Å². The lowest BCUT2D eigenvalue weighted by Gasteiger charge is -2.11. The molecule has 0 aliphatic heterocycles. The van der Waals surface area contributed by atoms with Crippen LogP contribution in [0.3, 0.4) is 0 Å². The van der Waals surface area contributed by atoms with Crippen LogP contribution in [0.5, 0.6) is 0 Å². The zero-order chi connectivity index (χ0) is 19.7. The molecule has 3 aromatic heterocycles. The SMILES string of the molecule is O=C(Nc1cc2cn[nH]c2cc1-c1ncccn1)c1cccc(C(F)(F)F)n1. The second kappa shape index (κ2) is 6.72. The molecule has 0 spiro atoms. The molecule has 0 fully saturated rings. The quantitative estimate of drug-likeness (QED) is 0.562. The second-order valence-corrected chi connectivity index (χ2v) is 5.79. The van der Waals surface area contributed by atoms with Crippen molar-refractivity contribution in [3.63, 3.8) is 0 Å². The summed E-state index contributed by atoms with van der Waals surface area (Å²) in [6.45, 7) is 0. The molecule has 0 aliphatic carbocycles. The van der Waals surface area contributed by atoms with E-state index in [-0.39, 0.29) is 5.69 Å². The molecule has 1 amide bonds. The van der Waals surface area contributed by atoms with Crippen LogP contribution in [0.25, 0.3) is 22.3 Å². The fourth-order valence-electron chi connectivity index (χ4n) is 2.62. The Bertz CT molecular complexity index is 1160. The third kappa shape index (κ3) is 3.39. The predicted molar refractivity (Wildman–Crippen MR) is 94.3 cm³/mol. The number of halogens is 3. The van der Waals surface area contributed by atoms with Crippen molar-refractivity contribution in [1.29, 1.82) is 0 Å². The molecule has 0 aliphatic rings. The van der Waals surface area contributed by atoms with Crippen molar-refractivity contribution in [1.82, 2.24) is 25.1 Å². The van der Waals surface area contributed by atoms with Gasteiger partial charge in [-0.2, -0.15) is 18.3 Å². The number of rotatable bonds is 3. The Hall–Kier alpha value is -3.82. The van der Waals surface area contributed by atoms with Crippen LogP contribution in [0.15, 0.2) is 55.0 Å². The van der Waals surface area contributed by atoms with Crippen LogP contribution in [-0.4, -0.2) is 31.1 Å². The van der Waals surface area contributed by atoms with Crippen molar-refractivity contribution in [2.24, 2.45) is 0 Å². The fraction of sp³-hybridized carbons (Fsp3) is 0.0556. The van der Waals surface area contributed by atoms with Crippen LogP contribution in [0.4, 0.5) is 18.9 Å². The summed E-state index contributed by atoms with van der Waals surface area (Å²) in [4.78, 5) is 24.3. The third-order valence-corrected chi connectivity index (χ3v) is 3.91. The standard InChI is InChI=1S/C18H11F3N6O/c19-18(20,21)15-4-1-3-12(25-15)17(28)26-14-7-10-9-24-27-13(10)8-11(14)16-22-5-2-6-23-16/h1-9H,(H,24,27)(H,26,28). The number of hydrogen-bond donors (Lipinski definition) is 2. The molecule has 4 rings (SSSR count). The number of aromatic amines is 1. The maximum absolute atomic E-state index is 12.9. The van der Waals surface area contributed by atoms with E-state index in [9.17, 15) is 18.0 Å². The summed E-state index contributed by atoms with van der Waals surface area (Å²) in [6.07, 6.45) is -0.00290. The zero-order valence-corrected chi connectivity index (χ0v) is 14.0. The Labute approximate surface area is 155 Å². The second-order valence-electron chi connectivity index (χ2n) is 5.79. The van der Waals surface area contributed by atoms with Gasteiger partial charge in [-0.25, -0.2) is 15.0 Å². The largest absolute Gasteiger partial charge is 0.433 e. The summed E-state index contributed by atoms with van der Waals surface area (Å²) < 4.78 is 38.6. The highest BCUT2D eigenvalue weighted by molar-refractivity contribution is 6.06. The van der Waals surface area contributed by atoms with Gasteiger partial charge in [0.15, 0.2) is 5.82 Å². The van der Waals surface area contributed by atoms with E-state index in [0.717, 1.165) is 12.1 Å². The number of amides is 1. The minimum absolute atomic E-state index is 0.323. The summed E-state index contributed by atoms with van der Waals surface area (Å²) >= 11 is 0. The van der Waals surface area contributed by atoms with Crippen LogP contribution in [0.2, 0.25) is 0 Å². The number of carbonyl (C=O) groups is 1. The number of nitrogens with one attached hydrogen (secondary N) is 2. The number of carbonyl (C=O) groups excluding carboxylic acids is 1. The van der Waals surface area contributed by atoms with Gasteiger partial charge in [0, 0.05) is 23.3 Å². The fourth-order valence-corrected chi connectivity index (χ4v) is 2.62. The number of hydrogen-bond acceptors (Lipinski definition) is 5. The Morgan fingerprint density at radius 2 is 1.86 bits per heavy atom. The van der Waals surface area contributed by atoms with Crippen LogP contribution >= 0.6 is 0 Å². The lowest BCUT2D eigenvalue weighted by molar-refractivity contribution is -0.141. The Kier molecular flexibility index (Phi) is 4.22. The monoisotopic (exact) mass is 384 g/mol. The van der Waals surface area contributed by atoms with E-state index >= 15 is 0 Å². The van der Waals surface area contributed by atoms with Crippen molar-refractivity contribution >= 4 is 22.5 Å². The van der Waals surface area contributed by atoms with Gasteiger partial charge >= 0.3 is 6.18 Å². The normalized spacial score (nSPS) is 11.5. The average Bonchev–Trinajstić information content (AvgIpc) is 3.15. The van der Waals surface area contributed by atoms with Gasteiger partial charge in [-0.05, 0) is 30.3 Å². The van der Waals surface area contributed by atoms with Gasteiger partial charge in [0.05, 0.1) is 17.4 Å². The lowest BCUT2D eigenvalue weighted by Crippen LogP contribution is -2.17. The van der Waals surface area contributed by atoms with Gasteiger partial charge in [0.1, 0.15) is 11.4 Å². The van der Waals surface area contributed by atoms with Crippen LogP contribution < -0.4 is 5.32 Å². The molecule has 3 heterocycles. The van der Waals surface area contributed by atoms with Gasteiger partial charge in [-0.15, -0.1) is 0 Å². The molecule has 0 radical (unpaired) electrons. The highest BCUT2D eigenvalue weighted by Gasteiger charge is 2.33. The molecule has 1 aromatic carbocycles. The third-order valence-electron chi connectivity index (χ3n) is 3.91. The van der Waals surface area contributed by atoms with E-state index in [1.165, 1.54) is 6.07 Å². The van der Waals surface area contributed by atoms with Crippen LogP contribution in [0, 0.1) is 0 Å². The topological polar surface area (TPSA) is 96.5 Å². The Morgan fingerprint density at radius 3 is 2.61 bits per heavy atom. The van der Waals surface area contributed by atoms with E-state index in [1.807, 2.05) is 0 Å². The van der Waals surface area contributed by atoms with Crippen molar-refractivity contribution in [2.75, 3.05) is 5.32 Å². The minimum atomic E-state index is -4.64. The van der Waals surface area contributed by atoms with E-state index in [1.54, 1.807) is 36.8 Å². The number of fused-ring (bicyclic) bond motifs is 1. The Balaban J connectivity index is 1.74. The van der Waals surface area contributed by atoms with Crippen molar-refractivity contribution in [2.45, 2.75) is 6.18 Å². The molecule has 0 saturated carbocycles. The maximum atomic E-state index is 12.9. The van der Waals surface area contributed by atoms with E-state index in [2.05, 4.69) is 30.5 Å². The van der Waals surface area contributed by atoms with Gasteiger partial charge in [0.2, 0.25) is 0 Å². The molecule has 0 saturated heterocycles. The molecular formula is C18H11F3N6O. The summed E-state index contributed by atoms with van der Waals surface area (Å²) in [5, 5.41) is 10.0. The van der Waals surface area contributed by atoms with E-state index in [4.69, 9.17) is 0 Å². The maximum Gasteiger partial charge on any atom is 0.433 e. The number of H-pyrrole nitrogens is 1. The first kappa shape index (κ1) is 17.6. The summed E-state index contributed by atoms with van der Waals surface area (Å²) in [5.74, 6) is -0.447. The number of nitrogens with zero attached hydrogens (tertiary/aromatic N) is 4. The smallest absolute Gasteiger partial charge is 0.320 e. The highest BCUT2D eigenvalue weighted by atomic mass is 19.4. The summed E-state index contributed by atoms with van der Waals surface area (Å²) in [7, 11) is 0. The molecule has 0 unspecified atom stereocenters. The molecule has 0 atom stereocenters. The van der Waals surface area contributed by atoms with Gasteiger partial charge in [0.25, 0.3) is 5.91 Å². The lowest BCUT2D eigenvalue weighted by atomic mass is 10.1. The molecule has 140 valence electrons. The molecule has 28 heavy (non-hydrogen) atoms. The Morgan fingerprint density at radius 1 is 1.07 bits per heavy atom. The van der Waals surface area contributed by atoms with E-state index in [0.29, 0.717) is 28.0 Å². The molecule has 4 aromatic rings. The van der Waals surface area contributed by atoms with Gasteiger partial charge in [-0.1, -0.05) is 6.07 Å². The van der Waals surface area contributed by atoms with Crippen molar-refractivity contribution < 1.29 is 18.0 Å². The minimum Gasteiger partial charge on any atom is -0.320 e. The molecular weight excluding hydrogens is 373 g/mol. The van der Waals surface area contributed by atoms with Crippen molar-refractivity contribution in [3.8, 4) is 11.4 Å². The zero-order valence-electron chi connectivity index (χ0n) is 14.0. The number of anilines is 1. The number of alkyl halides is 3. The molecule has 10 heteroatoms. The first-order valence-electron chi connectivity index (χ1n) is 8.02. The number of benzene rings is 1. The first-order valence-corrected chi connectivity index (χ1v) is 8.02. The van der Waals surface area contributed by atoms with E-state index < -0.39 is 17.8 Å². The number of pyridine rings is 1. The van der Waals surface area contributed by atoms with Crippen LogP contribution in [-0.2, 0) is 6.18 Å². The molecule has 2 N–H and O–H groups in total. The molecule has 0 bridgehead atoms.